The van der Waals surface area contributed by atoms with Crippen LogP contribution in [0, 0.1) is 0 Å². The van der Waals surface area contributed by atoms with Gasteiger partial charge in [-0.2, -0.15) is 0 Å². The molecule has 1 aliphatic heterocycles. The van der Waals surface area contributed by atoms with Crippen LogP contribution in [0.4, 0.5) is 11.4 Å². The number of anilines is 2. The van der Waals surface area contributed by atoms with Crippen LogP contribution in [0.25, 0.3) is 0 Å². The topological polar surface area (TPSA) is 35.5 Å². The van der Waals surface area contributed by atoms with Crippen LogP contribution in [0.3, 0.4) is 0 Å². The molecule has 0 spiro atoms. The van der Waals surface area contributed by atoms with Gasteiger partial charge in [-0.25, -0.2) is 0 Å². The zero-order valence-corrected chi connectivity index (χ0v) is 9.82. The zero-order chi connectivity index (χ0) is 11.4. The Morgan fingerprint density at radius 3 is 2.44 bits per heavy atom. The lowest BCUT2D eigenvalue weighted by molar-refractivity contribution is 0.145. The van der Waals surface area contributed by atoms with Crippen LogP contribution in [-0.2, 0) is 0 Å². The van der Waals surface area contributed by atoms with E-state index in [4.69, 9.17) is 0 Å². The Bertz CT molecular complexity index is 315. The standard InChI is InChI=1S/C13H20N2O/c1-2-14-11-3-5-12(6-4-11)15-9-7-13(16)8-10-15/h3-6,13-14,16H,2,7-10H2,1H3. The molecule has 1 aromatic rings. The van der Waals surface area contributed by atoms with Crippen LogP contribution in [-0.4, -0.2) is 30.8 Å². The van der Waals surface area contributed by atoms with E-state index in [2.05, 4.69) is 41.4 Å². The third-order valence-corrected chi connectivity index (χ3v) is 3.08. The SMILES string of the molecule is CCNc1ccc(N2CCC(O)CC2)cc1. The Kier molecular flexibility index (Phi) is 3.67. The van der Waals surface area contributed by atoms with Gasteiger partial charge in [0.15, 0.2) is 0 Å². The van der Waals surface area contributed by atoms with Crippen LogP contribution in [0.2, 0.25) is 0 Å². The van der Waals surface area contributed by atoms with Crippen molar-refractivity contribution in [2.45, 2.75) is 25.9 Å². The van der Waals surface area contributed by atoms with E-state index in [0.717, 1.165) is 32.5 Å². The van der Waals surface area contributed by atoms with Gasteiger partial charge in [-0.15, -0.1) is 0 Å². The van der Waals surface area contributed by atoms with Gasteiger partial charge in [0.1, 0.15) is 0 Å². The van der Waals surface area contributed by atoms with Gasteiger partial charge in [0.05, 0.1) is 6.10 Å². The van der Waals surface area contributed by atoms with E-state index in [0.29, 0.717) is 0 Å². The first-order valence-corrected chi connectivity index (χ1v) is 6.06. The molecule has 2 rings (SSSR count). The summed E-state index contributed by atoms with van der Waals surface area (Å²) in [7, 11) is 0. The number of aliphatic hydroxyl groups is 1. The molecule has 2 N–H and O–H groups in total. The summed E-state index contributed by atoms with van der Waals surface area (Å²) < 4.78 is 0. The summed E-state index contributed by atoms with van der Waals surface area (Å²) in [6, 6.07) is 8.53. The third-order valence-electron chi connectivity index (χ3n) is 3.08. The summed E-state index contributed by atoms with van der Waals surface area (Å²) in [5.74, 6) is 0. The molecule has 0 aromatic heterocycles. The van der Waals surface area contributed by atoms with Crippen molar-refractivity contribution in [3.8, 4) is 0 Å². The molecule has 3 heteroatoms. The molecule has 0 unspecified atom stereocenters. The predicted molar refractivity (Wildman–Crippen MR) is 68.1 cm³/mol. The normalized spacial score (nSPS) is 17.5. The molecule has 0 bridgehead atoms. The highest BCUT2D eigenvalue weighted by atomic mass is 16.3. The van der Waals surface area contributed by atoms with Crippen molar-refractivity contribution in [2.24, 2.45) is 0 Å². The lowest BCUT2D eigenvalue weighted by atomic mass is 10.1. The Hall–Kier alpha value is -1.22. The highest BCUT2D eigenvalue weighted by Crippen LogP contribution is 2.21. The fourth-order valence-electron chi connectivity index (χ4n) is 2.12. The molecule has 1 aliphatic rings. The molecule has 0 atom stereocenters. The predicted octanol–water partition coefficient (Wildman–Crippen LogP) is 2.08. The van der Waals surface area contributed by atoms with E-state index in [1.54, 1.807) is 0 Å². The minimum absolute atomic E-state index is 0.0997. The maximum absolute atomic E-state index is 9.45. The van der Waals surface area contributed by atoms with E-state index in [1.807, 2.05) is 0 Å². The van der Waals surface area contributed by atoms with Gasteiger partial charge in [-0.1, -0.05) is 0 Å². The van der Waals surface area contributed by atoms with Gasteiger partial charge in [0.2, 0.25) is 0 Å². The summed E-state index contributed by atoms with van der Waals surface area (Å²) in [5.41, 5.74) is 2.43. The summed E-state index contributed by atoms with van der Waals surface area (Å²) in [4.78, 5) is 2.34. The van der Waals surface area contributed by atoms with Crippen molar-refractivity contribution in [1.82, 2.24) is 0 Å². The van der Waals surface area contributed by atoms with Gasteiger partial charge in [-0.05, 0) is 44.0 Å². The Balaban J connectivity index is 1.98. The first-order chi connectivity index (χ1) is 7.79. The van der Waals surface area contributed by atoms with Crippen LogP contribution in [0.15, 0.2) is 24.3 Å². The van der Waals surface area contributed by atoms with Crippen molar-refractivity contribution in [3.63, 3.8) is 0 Å². The lowest BCUT2D eigenvalue weighted by Gasteiger charge is -2.31. The van der Waals surface area contributed by atoms with E-state index in [-0.39, 0.29) is 6.10 Å². The van der Waals surface area contributed by atoms with E-state index < -0.39 is 0 Å². The number of benzene rings is 1. The van der Waals surface area contributed by atoms with Gasteiger partial charge in [0, 0.05) is 31.0 Å². The number of hydrogen-bond acceptors (Lipinski definition) is 3. The van der Waals surface area contributed by atoms with Crippen molar-refractivity contribution >= 4 is 11.4 Å². The van der Waals surface area contributed by atoms with Crippen molar-refractivity contribution in [2.75, 3.05) is 29.9 Å². The molecule has 0 aliphatic carbocycles. The molecular formula is C13H20N2O. The quantitative estimate of drug-likeness (QED) is 0.818. The number of nitrogens with one attached hydrogen (secondary N) is 1. The molecule has 0 saturated carbocycles. The summed E-state index contributed by atoms with van der Waals surface area (Å²) >= 11 is 0. The summed E-state index contributed by atoms with van der Waals surface area (Å²) in [6.45, 7) is 4.97. The van der Waals surface area contributed by atoms with E-state index in [1.165, 1.54) is 11.4 Å². The molecule has 1 fully saturated rings. The number of nitrogens with zero attached hydrogens (tertiary/aromatic N) is 1. The number of rotatable bonds is 3. The number of piperidine rings is 1. The van der Waals surface area contributed by atoms with Crippen LogP contribution >= 0.6 is 0 Å². The smallest absolute Gasteiger partial charge is 0.0574 e. The highest BCUT2D eigenvalue weighted by Gasteiger charge is 2.16. The fraction of sp³-hybridized carbons (Fsp3) is 0.538. The largest absolute Gasteiger partial charge is 0.393 e. The van der Waals surface area contributed by atoms with Crippen molar-refractivity contribution in [3.05, 3.63) is 24.3 Å². The molecule has 88 valence electrons. The maximum atomic E-state index is 9.45. The van der Waals surface area contributed by atoms with E-state index in [9.17, 15) is 5.11 Å². The number of aliphatic hydroxyl groups excluding tert-OH is 1. The number of hydrogen-bond donors (Lipinski definition) is 2. The van der Waals surface area contributed by atoms with Gasteiger partial charge >= 0.3 is 0 Å². The molecule has 0 amide bonds. The Morgan fingerprint density at radius 2 is 1.88 bits per heavy atom. The highest BCUT2D eigenvalue weighted by molar-refractivity contribution is 5.55. The monoisotopic (exact) mass is 220 g/mol. The van der Waals surface area contributed by atoms with Crippen molar-refractivity contribution < 1.29 is 5.11 Å². The molecule has 1 heterocycles. The molecular weight excluding hydrogens is 200 g/mol. The molecule has 1 saturated heterocycles. The second-order valence-electron chi connectivity index (χ2n) is 4.30. The fourth-order valence-corrected chi connectivity index (χ4v) is 2.12. The summed E-state index contributed by atoms with van der Waals surface area (Å²) in [5, 5.41) is 12.7. The van der Waals surface area contributed by atoms with Gasteiger partial charge in [-0.3, -0.25) is 0 Å². The molecule has 16 heavy (non-hydrogen) atoms. The molecule has 1 aromatic carbocycles. The van der Waals surface area contributed by atoms with Crippen LogP contribution in [0.1, 0.15) is 19.8 Å². The first kappa shape index (κ1) is 11.3. The zero-order valence-electron chi connectivity index (χ0n) is 9.82. The maximum Gasteiger partial charge on any atom is 0.0574 e. The Morgan fingerprint density at radius 1 is 1.25 bits per heavy atom. The van der Waals surface area contributed by atoms with Gasteiger partial charge in [0.25, 0.3) is 0 Å². The first-order valence-electron chi connectivity index (χ1n) is 6.06. The summed E-state index contributed by atoms with van der Waals surface area (Å²) in [6.07, 6.45) is 1.67. The van der Waals surface area contributed by atoms with Crippen molar-refractivity contribution in [1.29, 1.82) is 0 Å². The van der Waals surface area contributed by atoms with Gasteiger partial charge < -0.3 is 15.3 Å². The molecule has 0 radical (unpaired) electrons. The third kappa shape index (κ3) is 2.67. The second-order valence-corrected chi connectivity index (χ2v) is 4.30. The molecule has 3 nitrogen and oxygen atoms in total. The average molecular weight is 220 g/mol. The Labute approximate surface area is 97.1 Å². The van der Waals surface area contributed by atoms with Crippen LogP contribution in [0.5, 0.6) is 0 Å². The minimum atomic E-state index is -0.0997. The lowest BCUT2D eigenvalue weighted by Crippen LogP contribution is -2.35. The van der Waals surface area contributed by atoms with Crippen LogP contribution < -0.4 is 10.2 Å². The average Bonchev–Trinajstić information content (AvgIpc) is 2.32. The minimum Gasteiger partial charge on any atom is -0.393 e. The van der Waals surface area contributed by atoms with E-state index >= 15 is 0 Å². The second kappa shape index (κ2) is 5.21.